The molecule has 8 nitrogen and oxygen atoms in total. The van der Waals surface area contributed by atoms with E-state index in [0.717, 1.165) is 17.7 Å². The Bertz CT molecular complexity index is 1620. The molecule has 0 saturated heterocycles. The van der Waals surface area contributed by atoms with Gasteiger partial charge < -0.3 is 10.1 Å². The molecular formula is C26H19F3N6O2. The molecule has 3 heterocycles. The molecule has 3 aromatic heterocycles. The zero-order valence-electron chi connectivity index (χ0n) is 19.6. The molecule has 0 aliphatic rings. The molecule has 1 N–H and O–H groups in total. The van der Waals surface area contributed by atoms with Gasteiger partial charge in [-0.15, -0.1) is 0 Å². The van der Waals surface area contributed by atoms with Crippen LogP contribution in [-0.2, 0) is 13.2 Å². The smallest absolute Gasteiger partial charge is 0.416 e. The van der Waals surface area contributed by atoms with Crippen molar-refractivity contribution in [3.63, 3.8) is 0 Å². The Balaban J connectivity index is 1.47. The highest BCUT2D eigenvalue weighted by atomic mass is 19.4. The highest BCUT2D eigenvalue weighted by Gasteiger charge is 2.30. The Morgan fingerprint density at radius 1 is 1.03 bits per heavy atom. The van der Waals surface area contributed by atoms with E-state index < -0.39 is 17.6 Å². The summed E-state index contributed by atoms with van der Waals surface area (Å²) in [5.41, 5.74) is 1.17. The lowest BCUT2D eigenvalue weighted by Crippen LogP contribution is -2.14. The summed E-state index contributed by atoms with van der Waals surface area (Å²) in [5.74, 6) is 0.356. The van der Waals surface area contributed by atoms with Crippen LogP contribution in [0.5, 0.6) is 11.6 Å². The number of fused-ring (bicyclic) bond motifs is 1. The quantitative estimate of drug-likeness (QED) is 0.325. The maximum Gasteiger partial charge on any atom is 0.416 e. The molecule has 0 saturated carbocycles. The first-order valence-electron chi connectivity index (χ1n) is 11.1. The first-order chi connectivity index (χ1) is 17.7. The standard InChI is InChI=1S/C26H19F3N6O2/c1-15-6-7-19(13-20(15)24(36)31-18-5-3-4-17(12-18)26(27,28)29)37-25-21-14-35(2)34-23(21)32-22(33-25)16-8-10-30-11-9-16/h3-14H,1-2H3,(H,31,36). The number of nitrogens with zero attached hydrogens (tertiary/aromatic N) is 5. The molecule has 0 atom stereocenters. The molecule has 0 aliphatic carbocycles. The van der Waals surface area contributed by atoms with Crippen molar-refractivity contribution in [1.82, 2.24) is 24.7 Å². The fourth-order valence-corrected chi connectivity index (χ4v) is 3.69. The Morgan fingerprint density at radius 2 is 1.81 bits per heavy atom. The summed E-state index contributed by atoms with van der Waals surface area (Å²) in [6, 6.07) is 12.8. The number of benzene rings is 2. The SMILES string of the molecule is Cc1ccc(Oc2nc(-c3ccncc3)nc3nn(C)cc23)cc1C(=O)Nc1cccc(C(F)(F)F)c1. The minimum Gasteiger partial charge on any atom is -0.438 e. The summed E-state index contributed by atoms with van der Waals surface area (Å²) >= 11 is 0. The molecule has 37 heavy (non-hydrogen) atoms. The molecular weight excluding hydrogens is 485 g/mol. The van der Waals surface area contributed by atoms with E-state index in [9.17, 15) is 18.0 Å². The summed E-state index contributed by atoms with van der Waals surface area (Å²) in [6.07, 6.45) is 0.444. The highest BCUT2D eigenvalue weighted by Crippen LogP contribution is 2.32. The van der Waals surface area contributed by atoms with Crippen LogP contribution in [0, 0.1) is 6.92 Å². The number of nitrogens with one attached hydrogen (secondary N) is 1. The van der Waals surface area contributed by atoms with Gasteiger partial charge in [0, 0.05) is 42.5 Å². The molecule has 0 unspecified atom stereocenters. The second-order valence-corrected chi connectivity index (χ2v) is 8.24. The lowest BCUT2D eigenvalue weighted by molar-refractivity contribution is -0.137. The number of aryl methyl sites for hydroxylation is 2. The van der Waals surface area contributed by atoms with Crippen LogP contribution >= 0.6 is 0 Å². The van der Waals surface area contributed by atoms with E-state index in [-0.39, 0.29) is 17.1 Å². The lowest BCUT2D eigenvalue weighted by atomic mass is 10.1. The van der Waals surface area contributed by atoms with Crippen LogP contribution < -0.4 is 10.1 Å². The van der Waals surface area contributed by atoms with Gasteiger partial charge in [0.1, 0.15) is 11.1 Å². The van der Waals surface area contributed by atoms with Crippen molar-refractivity contribution in [3.05, 3.63) is 89.9 Å². The number of ether oxygens (including phenoxy) is 1. The van der Waals surface area contributed by atoms with Crippen LogP contribution in [0.4, 0.5) is 18.9 Å². The number of carbonyl (C=O) groups excluding carboxylic acids is 1. The third-order valence-corrected chi connectivity index (χ3v) is 5.51. The van der Waals surface area contributed by atoms with Gasteiger partial charge in [0.25, 0.3) is 5.91 Å². The van der Waals surface area contributed by atoms with Gasteiger partial charge in [-0.05, 0) is 55.0 Å². The molecule has 0 spiro atoms. The van der Waals surface area contributed by atoms with Crippen molar-refractivity contribution in [2.75, 3.05) is 5.32 Å². The molecule has 0 aliphatic heterocycles. The second kappa shape index (κ2) is 9.34. The van der Waals surface area contributed by atoms with Gasteiger partial charge >= 0.3 is 6.18 Å². The van der Waals surface area contributed by atoms with Gasteiger partial charge in [-0.3, -0.25) is 14.5 Å². The Hall–Kier alpha value is -4.80. The van der Waals surface area contributed by atoms with E-state index in [1.807, 2.05) is 0 Å². The van der Waals surface area contributed by atoms with Gasteiger partial charge in [0.2, 0.25) is 5.88 Å². The Labute approximate surface area is 208 Å². The number of pyridine rings is 1. The molecule has 186 valence electrons. The summed E-state index contributed by atoms with van der Waals surface area (Å²) in [6.45, 7) is 1.72. The minimum absolute atomic E-state index is 0.0282. The maximum atomic E-state index is 13.1. The zero-order chi connectivity index (χ0) is 26.2. The second-order valence-electron chi connectivity index (χ2n) is 8.24. The van der Waals surface area contributed by atoms with Crippen LogP contribution in [0.1, 0.15) is 21.5 Å². The van der Waals surface area contributed by atoms with Gasteiger partial charge in [-0.2, -0.15) is 23.3 Å². The predicted octanol–water partition coefficient (Wildman–Crippen LogP) is 5.80. The van der Waals surface area contributed by atoms with Crippen LogP contribution in [0.15, 0.2) is 73.2 Å². The van der Waals surface area contributed by atoms with Crippen LogP contribution in [0.25, 0.3) is 22.4 Å². The minimum atomic E-state index is -4.52. The van der Waals surface area contributed by atoms with E-state index in [0.29, 0.717) is 28.2 Å². The normalized spacial score (nSPS) is 11.5. The molecule has 1 amide bonds. The van der Waals surface area contributed by atoms with Gasteiger partial charge in [0.05, 0.1) is 5.56 Å². The number of aromatic nitrogens is 5. The van der Waals surface area contributed by atoms with E-state index in [1.165, 1.54) is 18.2 Å². The van der Waals surface area contributed by atoms with Crippen molar-refractivity contribution >= 4 is 22.6 Å². The lowest BCUT2D eigenvalue weighted by Gasteiger charge is -2.13. The number of carbonyl (C=O) groups is 1. The first kappa shape index (κ1) is 23.9. The summed E-state index contributed by atoms with van der Waals surface area (Å²) < 4.78 is 46.8. The Morgan fingerprint density at radius 3 is 2.57 bits per heavy atom. The molecule has 5 rings (SSSR count). The number of rotatable bonds is 5. The van der Waals surface area contributed by atoms with E-state index in [1.54, 1.807) is 61.5 Å². The fourth-order valence-electron chi connectivity index (χ4n) is 3.69. The molecule has 0 bridgehead atoms. The average molecular weight is 504 g/mol. The zero-order valence-corrected chi connectivity index (χ0v) is 19.6. The maximum absolute atomic E-state index is 13.1. The van der Waals surface area contributed by atoms with Crippen LogP contribution in [-0.4, -0.2) is 30.6 Å². The molecule has 0 radical (unpaired) electrons. The van der Waals surface area contributed by atoms with Crippen molar-refractivity contribution in [1.29, 1.82) is 0 Å². The third kappa shape index (κ3) is 5.10. The monoisotopic (exact) mass is 504 g/mol. The largest absolute Gasteiger partial charge is 0.438 e. The van der Waals surface area contributed by atoms with Crippen molar-refractivity contribution in [3.8, 4) is 23.0 Å². The van der Waals surface area contributed by atoms with Crippen LogP contribution in [0.2, 0.25) is 0 Å². The summed E-state index contributed by atoms with van der Waals surface area (Å²) in [4.78, 5) is 26.0. The van der Waals surface area contributed by atoms with E-state index >= 15 is 0 Å². The average Bonchev–Trinajstić information content (AvgIpc) is 3.26. The van der Waals surface area contributed by atoms with Gasteiger partial charge in [-0.25, -0.2) is 4.98 Å². The highest BCUT2D eigenvalue weighted by molar-refractivity contribution is 6.05. The van der Waals surface area contributed by atoms with E-state index in [2.05, 4.69) is 25.4 Å². The molecule has 2 aromatic carbocycles. The summed E-state index contributed by atoms with van der Waals surface area (Å²) in [5, 5.41) is 7.45. The topological polar surface area (TPSA) is 94.8 Å². The van der Waals surface area contributed by atoms with Gasteiger partial charge in [-0.1, -0.05) is 12.1 Å². The number of anilines is 1. The molecule has 11 heteroatoms. The van der Waals surface area contributed by atoms with Crippen molar-refractivity contribution in [2.45, 2.75) is 13.1 Å². The Kier molecular flexibility index (Phi) is 6.04. The van der Waals surface area contributed by atoms with Crippen molar-refractivity contribution < 1.29 is 22.7 Å². The number of hydrogen-bond donors (Lipinski definition) is 1. The van der Waals surface area contributed by atoms with E-state index in [4.69, 9.17) is 4.74 Å². The summed E-state index contributed by atoms with van der Waals surface area (Å²) in [7, 11) is 1.75. The number of alkyl halides is 3. The molecule has 0 fully saturated rings. The molecule has 5 aromatic rings. The fraction of sp³-hybridized carbons (Fsp3) is 0.115. The van der Waals surface area contributed by atoms with Gasteiger partial charge in [0.15, 0.2) is 11.5 Å². The predicted molar refractivity (Wildman–Crippen MR) is 130 cm³/mol. The number of amides is 1. The third-order valence-electron chi connectivity index (χ3n) is 5.51. The van der Waals surface area contributed by atoms with Crippen molar-refractivity contribution in [2.24, 2.45) is 7.05 Å². The van der Waals surface area contributed by atoms with Crippen LogP contribution in [0.3, 0.4) is 0 Å². The first-order valence-corrected chi connectivity index (χ1v) is 11.1. The number of hydrogen-bond acceptors (Lipinski definition) is 6. The number of halogens is 3.